The summed E-state index contributed by atoms with van der Waals surface area (Å²) in [4.78, 5) is 14.9. The van der Waals surface area contributed by atoms with Gasteiger partial charge in [0.25, 0.3) is 0 Å². The zero-order chi connectivity index (χ0) is 15.9. The first-order valence-corrected chi connectivity index (χ1v) is 6.37. The van der Waals surface area contributed by atoms with Crippen molar-refractivity contribution < 1.29 is 19.5 Å². The highest BCUT2D eigenvalue weighted by atomic mass is 16.5. The van der Waals surface area contributed by atoms with Crippen molar-refractivity contribution >= 4 is 5.91 Å². The van der Waals surface area contributed by atoms with E-state index in [2.05, 4.69) is 15.1 Å². The number of hydrogen-bond acceptors (Lipinski definition) is 5. The van der Waals surface area contributed by atoms with Crippen molar-refractivity contribution in [1.82, 2.24) is 9.94 Å². The van der Waals surface area contributed by atoms with Crippen LogP contribution in [0.25, 0.3) is 10.4 Å². The molecule has 9 heteroatoms. The molecule has 1 aromatic heterocycles. The molecule has 114 valence electrons. The lowest BCUT2D eigenvalue weighted by molar-refractivity contribution is 0.0996. The summed E-state index contributed by atoms with van der Waals surface area (Å²) in [5, 5.41) is 15.8. The molecule has 1 aromatic carbocycles. The molecule has 0 saturated heterocycles. The maximum atomic E-state index is 11.8. The lowest BCUT2D eigenvalue weighted by atomic mass is 10.1. The summed E-state index contributed by atoms with van der Waals surface area (Å²) in [6, 6.07) is 6.28. The molecule has 9 nitrogen and oxygen atoms in total. The largest absolute Gasteiger partial charge is 0.493 e. The molecule has 0 saturated carbocycles. The Morgan fingerprint density at radius 3 is 2.91 bits per heavy atom. The van der Waals surface area contributed by atoms with E-state index >= 15 is 0 Å². The molecule has 22 heavy (non-hydrogen) atoms. The normalized spacial score (nSPS) is 9.86. The summed E-state index contributed by atoms with van der Waals surface area (Å²) >= 11 is 0. The number of nitrogens with zero attached hydrogens (tertiary/aromatic N) is 5. The summed E-state index contributed by atoms with van der Waals surface area (Å²) in [7, 11) is 0. The minimum Gasteiger partial charge on any atom is -0.493 e. The van der Waals surface area contributed by atoms with Crippen LogP contribution < -0.4 is 9.47 Å². The number of carbonyl (C=O) groups excluding carboxylic acids is 1. The summed E-state index contributed by atoms with van der Waals surface area (Å²) in [5.41, 5.74) is 9.03. The van der Waals surface area contributed by atoms with Crippen LogP contribution in [0.3, 0.4) is 0 Å². The van der Waals surface area contributed by atoms with Crippen molar-refractivity contribution in [2.75, 3.05) is 6.61 Å². The first-order chi connectivity index (χ1) is 10.7. The van der Waals surface area contributed by atoms with E-state index in [1.165, 1.54) is 18.3 Å². The van der Waals surface area contributed by atoms with Crippen LogP contribution in [-0.2, 0) is 6.61 Å². The molecule has 0 aliphatic carbocycles. The van der Waals surface area contributed by atoms with Crippen LogP contribution in [0.15, 0.2) is 35.6 Å². The Bertz CT molecular complexity index is 721. The highest BCUT2D eigenvalue weighted by Crippen LogP contribution is 2.25. The predicted octanol–water partition coefficient (Wildman–Crippen LogP) is 2.55. The van der Waals surface area contributed by atoms with Crippen molar-refractivity contribution in [2.24, 2.45) is 5.11 Å². The highest BCUT2D eigenvalue weighted by molar-refractivity contribution is 5.96. The average molecular weight is 303 g/mol. The molecule has 0 fully saturated rings. The molecule has 0 unspecified atom stereocenters. The monoisotopic (exact) mass is 303 g/mol. The molecule has 0 aliphatic heterocycles. The molecule has 2 rings (SSSR count). The van der Waals surface area contributed by atoms with E-state index in [1.54, 1.807) is 19.1 Å². The Hall–Kier alpha value is -3.19. The van der Waals surface area contributed by atoms with Gasteiger partial charge in [-0.3, -0.25) is 4.79 Å². The topological polar surface area (TPSA) is 122 Å². The first kappa shape index (κ1) is 15.2. The molecular formula is C13H13N5O4. The Kier molecular flexibility index (Phi) is 4.84. The van der Waals surface area contributed by atoms with Gasteiger partial charge in [0.1, 0.15) is 12.4 Å². The van der Waals surface area contributed by atoms with Gasteiger partial charge in [-0.25, -0.2) is 0 Å². The van der Waals surface area contributed by atoms with Crippen LogP contribution in [0.2, 0.25) is 0 Å². The van der Waals surface area contributed by atoms with Gasteiger partial charge in [0.2, 0.25) is 11.8 Å². The Labute approximate surface area is 125 Å². The number of hydrogen-bond donors (Lipinski definition) is 1. The van der Waals surface area contributed by atoms with Gasteiger partial charge in [-0.1, -0.05) is 17.2 Å². The second kappa shape index (κ2) is 7.00. The fraction of sp³-hybridized carbons (Fsp3) is 0.231. The van der Waals surface area contributed by atoms with E-state index in [-0.39, 0.29) is 18.1 Å². The van der Waals surface area contributed by atoms with Gasteiger partial charge in [0, 0.05) is 22.1 Å². The number of amides is 1. The molecule has 0 bridgehead atoms. The van der Waals surface area contributed by atoms with E-state index in [0.717, 1.165) is 0 Å². The Morgan fingerprint density at radius 2 is 2.27 bits per heavy atom. The highest BCUT2D eigenvalue weighted by Gasteiger charge is 2.16. The van der Waals surface area contributed by atoms with Gasteiger partial charge in [-0.05, 0) is 23.6 Å². The van der Waals surface area contributed by atoms with E-state index in [4.69, 9.17) is 20.2 Å². The molecule has 0 radical (unpaired) electrons. The minimum absolute atomic E-state index is 0.0325. The lowest BCUT2D eigenvalue weighted by Crippen LogP contribution is -2.08. The SMILES string of the molecule is CCOc1cccc(C(=O)N=[N+]=[N-])c1COc1ccn(O)n1. The summed E-state index contributed by atoms with van der Waals surface area (Å²) in [6.07, 6.45) is 1.30. The molecule has 1 N–H and O–H groups in total. The molecular weight excluding hydrogens is 290 g/mol. The number of carbonyl (C=O) groups is 1. The van der Waals surface area contributed by atoms with Crippen LogP contribution in [0, 0.1) is 0 Å². The zero-order valence-electron chi connectivity index (χ0n) is 11.7. The second-order valence-electron chi connectivity index (χ2n) is 4.07. The van der Waals surface area contributed by atoms with Crippen molar-refractivity contribution in [3.05, 3.63) is 52.0 Å². The smallest absolute Gasteiger partial charge is 0.249 e. The number of ether oxygens (including phenoxy) is 2. The number of benzene rings is 1. The van der Waals surface area contributed by atoms with E-state index in [0.29, 0.717) is 22.8 Å². The second-order valence-corrected chi connectivity index (χ2v) is 4.07. The van der Waals surface area contributed by atoms with E-state index in [1.807, 2.05) is 0 Å². The average Bonchev–Trinajstić information content (AvgIpc) is 2.92. The van der Waals surface area contributed by atoms with Crippen LogP contribution in [0.5, 0.6) is 11.6 Å². The third kappa shape index (κ3) is 3.47. The van der Waals surface area contributed by atoms with Crippen molar-refractivity contribution in [3.63, 3.8) is 0 Å². The standard InChI is InChI=1S/C13H13N5O4/c1-2-21-11-5-3-4-9(13(19)15-17-14)10(11)8-22-12-6-7-18(20)16-12/h3-7,20H,2,8H2,1H3. The Balaban J connectivity index is 2.32. The van der Waals surface area contributed by atoms with Crippen LogP contribution in [0.1, 0.15) is 22.8 Å². The van der Waals surface area contributed by atoms with Gasteiger partial charge < -0.3 is 14.7 Å². The fourth-order valence-electron chi connectivity index (χ4n) is 1.82. The third-order valence-corrected chi connectivity index (χ3v) is 2.71. The molecule has 0 spiro atoms. The van der Waals surface area contributed by atoms with E-state index < -0.39 is 5.91 Å². The summed E-state index contributed by atoms with van der Waals surface area (Å²) in [5.74, 6) is -0.101. The van der Waals surface area contributed by atoms with Gasteiger partial charge in [-0.2, -0.15) is 0 Å². The summed E-state index contributed by atoms with van der Waals surface area (Å²) in [6.45, 7) is 2.17. The van der Waals surface area contributed by atoms with E-state index in [9.17, 15) is 4.79 Å². The lowest BCUT2D eigenvalue weighted by Gasteiger charge is -2.13. The van der Waals surface area contributed by atoms with Gasteiger partial charge in [-0.15, -0.1) is 4.85 Å². The molecule has 0 aliphatic rings. The van der Waals surface area contributed by atoms with Gasteiger partial charge in [0.05, 0.1) is 12.8 Å². The third-order valence-electron chi connectivity index (χ3n) is 2.71. The molecule has 0 atom stereocenters. The van der Waals surface area contributed by atoms with Crippen molar-refractivity contribution in [1.29, 1.82) is 0 Å². The molecule has 1 heterocycles. The molecule has 2 aromatic rings. The fourth-order valence-corrected chi connectivity index (χ4v) is 1.82. The number of aromatic nitrogens is 2. The van der Waals surface area contributed by atoms with Crippen LogP contribution >= 0.6 is 0 Å². The maximum absolute atomic E-state index is 11.8. The molecule has 1 amide bonds. The minimum atomic E-state index is -0.727. The first-order valence-electron chi connectivity index (χ1n) is 6.37. The number of rotatable bonds is 6. The Morgan fingerprint density at radius 1 is 1.45 bits per heavy atom. The zero-order valence-corrected chi connectivity index (χ0v) is 11.7. The maximum Gasteiger partial charge on any atom is 0.249 e. The van der Waals surface area contributed by atoms with Gasteiger partial charge >= 0.3 is 0 Å². The van der Waals surface area contributed by atoms with Crippen LogP contribution in [0.4, 0.5) is 0 Å². The number of azide groups is 1. The van der Waals surface area contributed by atoms with Crippen molar-refractivity contribution in [3.8, 4) is 11.6 Å². The van der Waals surface area contributed by atoms with Crippen molar-refractivity contribution in [2.45, 2.75) is 13.5 Å². The van der Waals surface area contributed by atoms with Crippen LogP contribution in [-0.4, -0.2) is 27.7 Å². The quantitative estimate of drug-likeness (QED) is 0.380. The summed E-state index contributed by atoms with van der Waals surface area (Å²) < 4.78 is 10.9. The van der Waals surface area contributed by atoms with Gasteiger partial charge in [0.15, 0.2) is 0 Å². The predicted molar refractivity (Wildman–Crippen MR) is 74.8 cm³/mol.